The molecule has 0 aliphatic carbocycles. The van der Waals surface area contributed by atoms with Gasteiger partial charge >= 0.3 is 0 Å². The van der Waals surface area contributed by atoms with Crippen molar-refractivity contribution < 1.29 is 0 Å². The molecule has 0 saturated carbocycles. The van der Waals surface area contributed by atoms with Crippen molar-refractivity contribution in [2.24, 2.45) is 0 Å². The van der Waals surface area contributed by atoms with E-state index in [2.05, 4.69) is 61.6 Å². The van der Waals surface area contributed by atoms with Gasteiger partial charge in [0.25, 0.3) is 0 Å². The first kappa shape index (κ1) is 13.7. The van der Waals surface area contributed by atoms with Gasteiger partial charge in [-0.3, -0.25) is 4.68 Å². The molecule has 102 valence electrons. The highest BCUT2D eigenvalue weighted by Crippen LogP contribution is 2.13. The van der Waals surface area contributed by atoms with Gasteiger partial charge in [0.2, 0.25) is 0 Å². The van der Waals surface area contributed by atoms with Crippen LogP contribution in [0, 0.1) is 0 Å². The van der Waals surface area contributed by atoms with Crippen molar-refractivity contribution in [3.05, 3.63) is 47.8 Å². The fourth-order valence-electron chi connectivity index (χ4n) is 2.03. The molecular formula is C16H23N3. The van der Waals surface area contributed by atoms with Crippen LogP contribution >= 0.6 is 0 Å². The normalized spacial score (nSPS) is 10.9. The molecule has 0 atom stereocenters. The van der Waals surface area contributed by atoms with E-state index in [9.17, 15) is 0 Å². The van der Waals surface area contributed by atoms with Crippen LogP contribution in [0.4, 0.5) is 5.69 Å². The van der Waals surface area contributed by atoms with Gasteiger partial charge < -0.3 is 5.32 Å². The molecule has 2 aromatic rings. The average Bonchev–Trinajstić information content (AvgIpc) is 2.87. The van der Waals surface area contributed by atoms with E-state index in [1.54, 1.807) is 0 Å². The molecule has 1 aromatic heterocycles. The fraction of sp³-hybridized carbons (Fsp3) is 0.438. The van der Waals surface area contributed by atoms with E-state index in [0.717, 1.165) is 18.7 Å². The van der Waals surface area contributed by atoms with Crippen LogP contribution in [0.25, 0.3) is 0 Å². The van der Waals surface area contributed by atoms with Crippen LogP contribution in [0.5, 0.6) is 0 Å². The van der Waals surface area contributed by atoms with E-state index in [0.29, 0.717) is 6.04 Å². The predicted molar refractivity (Wildman–Crippen MR) is 80.4 cm³/mol. The third kappa shape index (κ3) is 3.85. The lowest BCUT2D eigenvalue weighted by Crippen LogP contribution is -2.01. The number of benzene rings is 1. The Morgan fingerprint density at radius 1 is 1.16 bits per heavy atom. The smallest absolute Gasteiger partial charge is 0.0539 e. The largest absolute Gasteiger partial charge is 0.381 e. The number of hydrogen-bond acceptors (Lipinski definition) is 2. The zero-order chi connectivity index (χ0) is 13.7. The van der Waals surface area contributed by atoms with Gasteiger partial charge in [0.1, 0.15) is 0 Å². The van der Waals surface area contributed by atoms with Crippen LogP contribution in [-0.4, -0.2) is 9.78 Å². The molecule has 1 aromatic carbocycles. The molecule has 0 bridgehead atoms. The number of rotatable bonds is 6. The first-order chi connectivity index (χ1) is 9.19. The van der Waals surface area contributed by atoms with E-state index < -0.39 is 0 Å². The number of aryl methyl sites for hydroxylation is 1. The quantitative estimate of drug-likeness (QED) is 0.846. The molecule has 3 heteroatoms. The van der Waals surface area contributed by atoms with Crippen LogP contribution in [-0.2, 0) is 13.0 Å². The maximum atomic E-state index is 4.34. The molecular weight excluding hydrogens is 234 g/mol. The van der Waals surface area contributed by atoms with Gasteiger partial charge in [-0.2, -0.15) is 5.10 Å². The second-order valence-electron chi connectivity index (χ2n) is 5.22. The van der Waals surface area contributed by atoms with Crippen molar-refractivity contribution in [2.45, 2.75) is 46.2 Å². The molecule has 0 fully saturated rings. The summed E-state index contributed by atoms with van der Waals surface area (Å²) in [6, 6.07) is 9.12. The number of anilines is 1. The first-order valence-corrected chi connectivity index (χ1v) is 7.05. The molecule has 0 aliphatic heterocycles. The van der Waals surface area contributed by atoms with Gasteiger partial charge in [0, 0.05) is 30.0 Å². The van der Waals surface area contributed by atoms with Crippen LogP contribution < -0.4 is 5.32 Å². The van der Waals surface area contributed by atoms with E-state index >= 15 is 0 Å². The minimum atomic E-state index is 0.419. The molecule has 1 N–H and O–H groups in total. The van der Waals surface area contributed by atoms with Crippen molar-refractivity contribution in [3.63, 3.8) is 0 Å². The Kier molecular flexibility index (Phi) is 4.61. The molecule has 1 heterocycles. The van der Waals surface area contributed by atoms with E-state index in [4.69, 9.17) is 0 Å². The lowest BCUT2D eigenvalue weighted by Gasteiger charge is -2.06. The van der Waals surface area contributed by atoms with Gasteiger partial charge in [-0.25, -0.2) is 0 Å². The molecule has 3 nitrogen and oxygen atoms in total. The van der Waals surface area contributed by atoms with Crippen molar-refractivity contribution in [3.8, 4) is 0 Å². The highest BCUT2D eigenvalue weighted by Gasteiger charge is 2.01. The van der Waals surface area contributed by atoms with Crippen LogP contribution in [0.15, 0.2) is 36.7 Å². The molecule has 0 radical (unpaired) electrons. The summed E-state index contributed by atoms with van der Waals surface area (Å²) < 4.78 is 1.99. The third-order valence-corrected chi connectivity index (χ3v) is 3.17. The minimum Gasteiger partial charge on any atom is -0.381 e. The summed E-state index contributed by atoms with van der Waals surface area (Å²) in [5.41, 5.74) is 3.78. The number of hydrogen-bond donors (Lipinski definition) is 1. The first-order valence-electron chi connectivity index (χ1n) is 7.05. The highest BCUT2D eigenvalue weighted by molar-refractivity contribution is 5.45. The molecule has 0 amide bonds. The van der Waals surface area contributed by atoms with Crippen molar-refractivity contribution in [1.82, 2.24) is 9.78 Å². The Balaban J connectivity index is 1.90. The highest BCUT2D eigenvalue weighted by atomic mass is 15.3. The van der Waals surface area contributed by atoms with Crippen molar-refractivity contribution in [2.75, 3.05) is 5.32 Å². The Bertz CT molecular complexity index is 497. The Morgan fingerprint density at radius 3 is 2.47 bits per heavy atom. The Morgan fingerprint density at radius 2 is 1.89 bits per heavy atom. The second-order valence-corrected chi connectivity index (χ2v) is 5.22. The number of aromatic nitrogens is 2. The average molecular weight is 257 g/mol. The minimum absolute atomic E-state index is 0.419. The van der Waals surface area contributed by atoms with E-state index in [1.165, 1.54) is 17.5 Å². The second kappa shape index (κ2) is 6.41. The molecule has 0 spiro atoms. The van der Waals surface area contributed by atoms with Gasteiger partial charge in [0.05, 0.1) is 6.20 Å². The zero-order valence-corrected chi connectivity index (χ0v) is 12.1. The van der Waals surface area contributed by atoms with Crippen LogP contribution in [0.3, 0.4) is 0 Å². The summed E-state index contributed by atoms with van der Waals surface area (Å²) in [7, 11) is 0. The summed E-state index contributed by atoms with van der Waals surface area (Å²) in [5.74, 6) is 0. The summed E-state index contributed by atoms with van der Waals surface area (Å²) in [5, 5.41) is 7.77. The summed E-state index contributed by atoms with van der Waals surface area (Å²) in [4.78, 5) is 0. The lowest BCUT2D eigenvalue weighted by atomic mass is 10.1. The number of nitrogens with one attached hydrogen (secondary N) is 1. The molecule has 0 aliphatic rings. The zero-order valence-electron chi connectivity index (χ0n) is 12.1. The maximum Gasteiger partial charge on any atom is 0.0539 e. The van der Waals surface area contributed by atoms with E-state index in [1.807, 2.05) is 10.9 Å². The fourth-order valence-corrected chi connectivity index (χ4v) is 2.03. The Labute approximate surface area is 115 Å². The van der Waals surface area contributed by atoms with Gasteiger partial charge in [-0.15, -0.1) is 0 Å². The van der Waals surface area contributed by atoms with Gasteiger partial charge in [-0.1, -0.05) is 25.5 Å². The third-order valence-electron chi connectivity index (χ3n) is 3.17. The van der Waals surface area contributed by atoms with Crippen LogP contribution in [0.2, 0.25) is 0 Å². The summed E-state index contributed by atoms with van der Waals surface area (Å²) >= 11 is 0. The van der Waals surface area contributed by atoms with Crippen LogP contribution in [0.1, 0.15) is 44.4 Å². The van der Waals surface area contributed by atoms with Crippen molar-refractivity contribution in [1.29, 1.82) is 0 Å². The SMILES string of the molecule is CCCc1ccc(NCc2cnn(C(C)C)c2)cc1. The molecule has 0 unspecified atom stereocenters. The standard InChI is InChI=1S/C16H23N3/c1-4-5-14-6-8-16(9-7-14)17-10-15-11-18-19(12-15)13(2)3/h6-9,11-13,17H,4-5,10H2,1-3H3. The Hall–Kier alpha value is -1.77. The predicted octanol–water partition coefficient (Wildman–Crippen LogP) is 4.03. The summed E-state index contributed by atoms with van der Waals surface area (Å²) in [6.07, 6.45) is 6.38. The molecule has 19 heavy (non-hydrogen) atoms. The lowest BCUT2D eigenvalue weighted by molar-refractivity contribution is 0.532. The molecule has 2 rings (SSSR count). The van der Waals surface area contributed by atoms with E-state index in [-0.39, 0.29) is 0 Å². The monoisotopic (exact) mass is 257 g/mol. The topological polar surface area (TPSA) is 29.9 Å². The van der Waals surface area contributed by atoms with Gasteiger partial charge in [-0.05, 0) is 38.0 Å². The maximum absolute atomic E-state index is 4.34. The number of nitrogens with zero attached hydrogens (tertiary/aromatic N) is 2. The van der Waals surface area contributed by atoms with Crippen molar-refractivity contribution >= 4 is 5.69 Å². The summed E-state index contributed by atoms with van der Waals surface area (Å²) in [6.45, 7) is 7.30. The van der Waals surface area contributed by atoms with Gasteiger partial charge in [0.15, 0.2) is 0 Å². The molecule has 0 saturated heterocycles.